The normalized spacial score (nSPS) is 12.7. The van der Waals surface area contributed by atoms with Crippen LogP contribution in [0.25, 0.3) is 0 Å². The predicted octanol–water partition coefficient (Wildman–Crippen LogP) is 2.55. The summed E-state index contributed by atoms with van der Waals surface area (Å²) in [5, 5.41) is 0. The molecule has 1 aromatic rings. The van der Waals surface area contributed by atoms with Crippen molar-refractivity contribution in [2.24, 2.45) is 11.3 Å². The monoisotopic (exact) mass is 314 g/mol. The van der Waals surface area contributed by atoms with Crippen LogP contribution in [0.5, 0.6) is 5.75 Å². The molecule has 21 heavy (non-hydrogen) atoms. The highest BCUT2D eigenvalue weighted by Crippen LogP contribution is 2.30. The minimum absolute atomic E-state index is 0.0765. The number of nitrogen functional groups attached to an aromatic ring is 1. The fourth-order valence-electron chi connectivity index (χ4n) is 1.61. The highest BCUT2D eigenvalue weighted by atomic mass is 32.2. The molecule has 0 aliphatic heterocycles. The standard InChI is InChI=1S/C15H26N2O3S/c1-10(2)15(4,5)9-17-21(18,19)14-8-12(16)11(3)7-13(14)20-6/h7-8,10,17H,9,16H2,1-6H3. The van der Waals surface area contributed by atoms with E-state index in [4.69, 9.17) is 10.5 Å². The summed E-state index contributed by atoms with van der Waals surface area (Å²) in [6.45, 7) is 10.4. The van der Waals surface area contributed by atoms with Crippen molar-refractivity contribution in [3.63, 3.8) is 0 Å². The summed E-state index contributed by atoms with van der Waals surface area (Å²) in [4.78, 5) is 0.0765. The van der Waals surface area contributed by atoms with E-state index in [0.717, 1.165) is 5.56 Å². The average Bonchev–Trinajstić information content (AvgIpc) is 2.39. The number of hydrogen-bond donors (Lipinski definition) is 2. The summed E-state index contributed by atoms with van der Waals surface area (Å²) < 4.78 is 32.8. The molecule has 3 N–H and O–H groups in total. The first kappa shape index (κ1) is 17.8. The van der Waals surface area contributed by atoms with Gasteiger partial charge in [-0.2, -0.15) is 0 Å². The summed E-state index contributed by atoms with van der Waals surface area (Å²) >= 11 is 0. The molecule has 0 aromatic heterocycles. The van der Waals surface area contributed by atoms with Crippen molar-refractivity contribution in [2.75, 3.05) is 19.4 Å². The Balaban J connectivity index is 3.12. The lowest BCUT2D eigenvalue weighted by atomic mass is 9.81. The van der Waals surface area contributed by atoms with E-state index < -0.39 is 10.0 Å². The molecule has 0 bridgehead atoms. The van der Waals surface area contributed by atoms with Gasteiger partial charge in [0.15, 0.2) is 0 Å². The van der Waals surface area contributed by atoms with Gasteiger partial charge in [0.2, 0.25) is 10.0 Å². The first-order chi connectivity index (χ1) is 9.51. The van der Waals surface area contributed by atoms with Gasteiger partial charge in [0.1, 0.15) is 10.6 Å². The van der Waals surface area contributed by atoms with Gasteiger partial charge in [-0.25, -0.2) is 13.1 Å². The Morgan fingerprint density at radius 2 is 1.90 bits per heavy atom. The molecule has 0 amide bonds. The highest BCUT2D eigenvalue weighted by Gasteiger charge is 2.27. The van der Waals surface area contributed by atoms with E-state index in [1.807, 2.05) is 20.8 Å². The van der Waals surface area contributed by atoms with Gasteiger partial charge in [0, 0.05) is 12.2 Å². The van der Waals surface area contributed by atoms with Crippen LogP contribution in [0.15, 0.2) is 17.0 Å². The summed E-state index contributed by atoms with van der Waals surface area (Å²) in [7, 11) is -2.22. The van der Waals surface area contributed by atoms with Crippen LogP contribution in [-0.4, -0.2) is 22.1 Å². The lowest BCUT2D eigenvalue weighted by molar-refractivity contribution is 0.252. The molecule has 5 nitrogen and oxygen atoms in total. The van der Waals surface area contributed by atoms with E-state index in [2.05, 4.69) is 18.6 Å². The Morgan fingerprint density at radius 1 is 1.33 bits per heavy atom. The SMILES string of the molecule is COc1cc(C)c(N)cc1S(=O)(=O)NCC(C)(C)C(C)C. The Hall–Kier alpha value is -1.27. The summed E-state index contributed by atoms with van der Waals surface area (Å²) in [5.74, 6) is 0.654. The van der Waals surface area contributed by atoms with E-state index in [0.29, 0.717) is 23.9 Å². The van der Waals surface area contributed by atoms with Crippen LogP contribution in [0.3, 0.4) is 0 Å². The third-order valence-electron chi connectivity index (χ3n) is 4.12. The smallest absolute Gasteiger partial charge is 0.244 e. The van der Waals surface area contributed by atoms with Crippen LogP contribution < -0.4 is 15.2 Å². The number of nitrogens with one attached hydrogen (secondary N) is 1. The summed E-state index contributed by atoms with van der Waals surface area (Å²) in [5.41, 5.74) is 6.90. The lowest BCUT2D eigenvalue weighted by Gasteiger charge is -2.29. The van der Waals surface area contributed by atoms with Crippen LogP contribution in [0.4, 0.5) is 5.69 Å². The lowest BCUT2D eigenvalue weighted by Crippen LogP contribution is -2.37. The molecule has 0 heterocycles. The molecule has 0 fully saturated rings. The maximum absolute atomic E-state index is 12.5. The number of anilines is 1. The molecule has 0 aliphatic carbocycles. The topological polar surface area (TPSA) is 81.4 Å². The molecule has 120 valence electrons. The van der Waals surface area contributed by atoms with Gasteiger partial charge >= 0.3 is 0 Å². The molecule has 0 saturated heterocycles. The predicted molar refractivity (Wildman–Crippen MR) is 86.0 cm³/mol. The number of nitrogens with two attached hydrogens (primary N) is 1. The molecule has 0 spiro atoms. The molecular weight excluding hydrogens is 288 g/mol. The summed E-state index contributed by atoms with van der Waals surface area (Å²) in [6.07, 6.45) is 0. The van der Waals surface area contributed by atoms with Crippen LogP contribution in [-0.2, 0) is 10.0 Å². The van der Waals surface area contributed by atoms with Gasteiger partial charge in [-0.1, -0.05) is 27.7 Å². The zero-order valence-corrected chi connectivity index (χ0v) is 14.5. The number of ether oxygens (including phenoxy) is 1. The van der Waals surface area contributed by atoms with Crippen molar-refractivity contribution in [3.05, 3.63) is 17.7 Å². The van der Waals surface area contributed by atoms with Gasteiger partial charge in [-0.15, -0.1) is 0 Å². The van der Waals surface area contributed by atoms with E-state index in [-0.39, 0.29) is 10.3 Å². The maximum Gasteiger partial charge on any atom is 0.244 e. The molecular formula is C15H26N2O3S. The highest BCUT2D eigenvalue weighted by molar-refractivity contribution is 7.89. The van der Waals surface area contributed by atoms with Gasteiger partial charge in [-0.05, 0) is 36.0 Å². The summed E-state index contributed by atoms with van der Waals surface area (Å²) in [6, 6.07) is 3.08. The number of rotatable bonds is 6. The quantitative estimate of drug-likeness (QED) is 0.791. The van der Waals surface area contributed by atoms with Gasteiger partial charge < -0.3 is 10.5 Å². The zero-order valence-electron chi connectivity index (χ0n) is 13.6. The van der Waals surface area contributed by atoms with Crippen molar-refractivity contribution in [1.29, 1.82) is 0 Å². The van der Waals surface area contributed by atoms with E-state index in [1.54, 1.807) is 6.07 Å². The third kappa shape index (κ3) is 4.11. The zero-order chi connectivity index (χ0) is 16.4. The second-order valence-corrected chi connectivity index (χ2v) is 8.06. The fraction of sp³-hybridized carbons (Fsp3) is 0.600. The minimum Gasteiger partial charge on any atom is -0.495 e. The van der Waals surface area contributed by atoms with Crippen LogP contribution in [0.1, 0.15) is 33.3 Å². The molecule has 6 heteroatoms. The molecule has 1 rings (SSSR count). The number of aryl methyl sites for hydroxylation is 1. The van der Waals surface area contributed by atoms with E-state index >= 15 is 0 Å². The number of sulfonamides is 1. The molecule has 0 atom stereocenters. The largest absolute Gasteiger partial charge is 0.495 e. The maximum atomic E-state index is 12.5. The number of methoxy groups -OCH3 is 1. The van der Waals surface area contributed by atoms with Crippen LogP contribution in [0, 0.1) is 18.3 Å². The molecule has 1 aromatic carbocycles. The second kappa shape index (κ2) is 6.23. The van der Waals surface area contributed by atoms with Crippen molar-refractivity contribution >= 4 is 15.7 Å². The molecule has 0 saturated carbocycles. The van der Waals surface area contributed by atoms with Gasteiger partial charge in [-0.3, -0.25) is 0 Å². The van der Waals surface area contributed by atoms with Crippen molar-refractivity contribution in [3.8, 4) is 5.75 Å². The Labute approximate surface area is 127 Å². The van der Waals surface area contributed by atoms with Crippen LogP contribution >= 0.6 is 0 Å². The Bertz CT molecular complexity index is 608. The average molecular weight is 314 g/mol. The van der Waals surface area contributed by atoms with Crippen molar-refractivity contribution in [2.45, 2.75) is 39.5 Å². The van der Waals surface area contributed by atoms with Gasteiger partial charge in [0.25, 0.3) is 0 Å². The Kier molecular flexibility index (Phi) is 5.28. The third-order valence-corrected chi connectivity index (χ3v) is 5.55. The number of hydrogen-bond acceptors (Lipinski definition) is 4. The molecule has 0 radical (unpaired) electrons. The van der Waals surface area contributed by atoms with Gasteiger partial charge in [0.05, 0.1) is 7.11 Å². The first-order valence-corrected chi connectivity index (χ1v) is 8.43. The van der Waals surface area contributed by atoms with E-state index in [9.17, 15) is 8.42 Å². The minimum atomic E-state index is -3.66. The molecule has 0 unspecified atom stereocenters. The Morgan fingerprint density at radius 3 is 2.38 bits per heavy atom. The van der Waals surface area contributed by atoms with Crippen molar-refractivity contribution in [1.82, 2.24) is 4.72 Å². The number of benzene rings is 1. The fourth-order valence-corrected chi connectivity index (χ4v) is 3.02. The van der Waals surface area contributed by atoms with Crippen LogP contribution in [0.2, 0.25) is 0 Å². The first-order valence-electron chi connectivity index (χ1n) is 6.95. The van der Waals surface area contributed by atoms with Crippen molar-refractivity contribution < 1.29 is 13.2 Å². The second-order valence-electron chi connectivity index (χ2n) is 6.33. The molecule has 0 aliphatic rings. The van der Waals surface area contributed by atoms with E-state index in [1.165, 1.54) is 13.2 Å².